The van der Waals surface area contributed by atoms with Crippen LogP contribution in [0.4, 0.5) is 27.0 Å². The van der Waals surface area contributed by atoms with Gasteiger partial charge in [0, 0.05) is 37.3 Å². The number of imide groups is 1. The Morgan fingerprint density at radius 3 is 2.27 bits per heavy atom. The third-order valence-electron chi connectivity index (χ3n) is 11.2. The number of nitrogens with two attached hydrogens (primary N) is 1. The maximum Gasteiger partial charge on any atom is 0.325 e. The van der Waals surface area contributed by atoms with Gasteiger partial charge in [-0.1, -0.05) is 30.3 Å². The quantitative estimate of drug-likeness (QED) is 0.0853. The van der Waals surface area contributed by atoms with Crippen molar-refractivity contribution in [3.05, 3.63) is 90.3 Å². The summed E-state index contributed by atoms with van der Waals surface area (Å²) in [5.41, 5.74) is 2.57. The second-order valence-corrected chi connectivity index (χ2v) is 16.7. The number of phenols is 2. The molecule has 1 saturated carbocycles. The third-order valence-corrected chi connectivity index (χ3v) is 12.1. The smallest absolute Gasteiger partial charge is 0.325 e. The van der Waals surface area contributed by atoms with Gasteiger partial charge in [-0.3, -0.25) is 9.69 Å². The molecular weight excluding hydrogens is 799 g/mol. The topological polar surface area (TPSA) is 290 Å². The van der Waals surface area contributed by atoms with E-state index in [0.717, 1.165) is 16.0 Å². The number of nitrogens with zero attached hydrogens (tertiary/aromatic N) is 6. The largest absolute Gasteiger partial charge is 0.508 e. The number of urea groups is 2. The average molecular weight is 842 g/mol. The summed E-state index contributed by atoms with van der Waals surface area (Å²) in [5.74, 6) is -0.0275. The highest BCUT2D eigenvalue weighted by molar-refractivity contribution is 7.89. The molecule has 2 unspecified atom stereocenters. The fourth-order valence-corrected chi connectivity index (χ4v) is 8.63. The van der Waals surface area contributed by atoms with Crippen LogP contribution in [-0.4, -0.2) is 121 Å². The highest BCUT2D eigenvalue weighted by Crippen LogP contribution is 2.38. The second kappa shape index (κ2) is 15.9. The van der Waals surface area contributed by atoms with Crippen molar-refractivity contribution in [1.82, 2.24) is 35.1 Å². The highest BCUT2D eigenvalue weighted by atomic mass is 32.2. The molecule has 2 aromatic heterocycles. The molecule has 20 nitrogen and oxygen atoms in total. The van der Waals surface area contributed by atoms with Crippen LogP contribution in [-0.2, 0) is 14.8 Å². The Hall–Kier alpha value is -6.55. The van der Waals surface area contributed by atoms with Crippen molar-refractivity contribution >= 4 is 56.6 Å². The van der Waals surface area contributed by atoms with E-state index in [1.807, 2.05) is 4.90 Å². The molecule has 0 radical (unpaired) electrons. The van der Waals surface area contributed by atoms with E-state index in [0.29, 0.717) is 29.9 Å². The van der Waals surface area contributed by atoms with Crippen molar-refractivity contribution in [1.29, 1.82) is 0 Å². The number of fused-ring (bicyclic) bond motifs is 1. The molecular formula is C39H43N11O9S. The first-order chi connectivity index (χ1) is 28.6. The van der Waals surface area contributed by atoms with E-state index in [-0.39, 0.29) is 59.5 Å². The standard InChI is InChI=1S/C39H43N11O9S/c1-20-36(55)50(39(57)43-20)30-16-29(32(53)33(30)54)49-19-42-31-34(41-17-28(21-5-9-25(51)10-6-21)22-7-11-26(52)12-8-22)46-37(47-35(31)49)48-14-13-24(18-48)45-38(56)44-23-3-2-4-27(15-23)60(40,58)59/h2-12,15,19-20,24,28-30,32-33,51-54H,13-14,16-18H2,1H3,(H,43,57)(H2,40,58,59)(H,41,46,47)(H2,44,45,56)/t20?,24?,29-,30+,32+,33-/m1/s1. The van der Waals surface area contributed by atoms with Crippen LogP contribution in [0.15, 0.2) is 84.0 Å². The zero-order chi connectivity index (χ0) is 42.5. The Morgan fingerprint density at radius 1 is 0.967 bits per heavy atom. The lowest BCUT2D eigenvalue weighted by Crippen LogP contribution is -2.47. The van der Waals surface area contributed by atoms with Crippen LogP contribution in [0.2, 0.25) is 0 Å². The van der Waals surface area contributed by atoms with Gasteiger partial charge in [0.1, 0.15) is 29.7 Å². The normalized spacial score (nSPS) is 23.1. The molecule has 21 heteroatoms. The summed E-state index contributed by atoms with van der Waals surface area (Å²) < 4.78 is 25.2. The summed E-state index contributed by atoms with van der Waals surface area (Å²) in [5, 5.41) is 59.4. The van der Waals surface area contributed by atoms with Gasteiger partial charge < -0.3 is 51.2 Å². The van der Waals surface area contributed by atoms with Crippen molar-refractivity contribution in [2.45, 2.75) is 67.0 Å². The Labute approximate surface area is 343 Å². The van der Waals surface area contributed by atoms with Crippen LogP contribution < -0.4 is 31.3 Å². The van der Waals surface area contributed by atoms with Gasteiger partial charge in [-0.25, -0.2) is 28.1 Å². The molecule has 60 heavy (non-hydrogen) atoms. The number of hydrogen-bond acceptors (Lipinski definition) is 14. The third kappa shape index (κ3) is 7.94. The minimum absolute atomic E-state index is 0.0104. The molecule has 5 amide bonds. The fourth-order valence-electron chi connectivity index (χ4n) is 8.07. The Morgan fingerprint density at radius 2 is 1.63 bits per heavy atom. The van der Waals surface area contributed by atoms with Crippen molar-refractivity contribution in [3.63, 3.8) is 0 Å². The van der Waals surface area contributed by atoms with E-state index < -0.39 is 58.3 Å². The molecule has 8 rings (SSSR count). The van der Waals surface area contributed by atoms with Crippen LogP contribution in [0.1, 0.15) is 42.9 Å². The Kier molecular flexibility index (Phi) is 10.7. The summed E-state index contributed by atoms with van der Waals surface area (Å²) in [6.07, 6.45) is -0.890. The number of aliphatic hydroxyl groups excluding tert-OH is 2. The summed E-state index contributed by atoms with van der Waals surface area (Å²) in [6.45, 7) is 2.51. The van der Waals surface area contributed by atoms with Gasteiger partial charge in [0.15, 0.2) is 17.0 Å². The number of aromatic nitrogens is 4. The first kappa shape index (κ1) is 40.2. The molecule has 1 aliphatic carbocycles. The number of imidazole rings is 1. The van der Waals surface area contributed by atoms with Gasteiger partial charge in [-0.05, 0) is 73.4 Å². The average Bonchev–Trinajstić information content (AvgIpc) is 3.98. The molecule has 4 heterocycles. The zero-order valence-corrected chi connectivity index (χ0v) is 32.9. The van der Waals surface area contributed by atoms with E-state index in [4.69, 9.17) is 15.1 Å². The van der Waals surface area contributed by atoms with Gasteiger partial charge >= 0.3 is 12.1 Å². The number of amides is 5. The monoisotopic (exact) mass is 841 g/mol. The molecule has 2 aliphatic heterocycles. The number of primary sulfonamides is 1. The number of rotatable bonds is 11. The van der Waals surface area contributed by atoms with Crippen molar-refractivity contribution in [2.24, 2.45) is 5.14 Å². The lowest BCUT2D eigenvalue weighted by atomic mass is 9.91. The summed E-state index contributed by atoms with van der Waals surface area (Å²) in [7, 11) is -3.98. The molecule has 10 N–H and O–H groups in total. The predicted octanol–water partition coefficient (Wildman–Crippen LogP) is 1.50. The lowest BCUT2D eigenvalue weighted by molar-refractivity contribution is -0.130. The Bertz CT molecular complexity index is 2510. The van der Waals surface area contributed by atoms with E-state index in [1.165, 1.54) is 30.6 Å². The van der Waals surface area contributed by atoms with Gasteiger partial charge in [0.2, 0.25) is 16.0 Å². The number of carbonyl (C=O) groups is 3. The number of phenolic OH excluding ortho intramolecular Hbond substituents is 2. The van der Waals surface area contributed by atoms with Crippen LogP contribution >= 0.6 is 0 Å². The zero-order valence-electron chi connectivity index (χ0n) is 32.1. The molecule has 2 saturated heterocycles. The van der Waals surface area contributed by atoms with Gasteiger partial charge in [0.25, 0.3) is 5.91 Å². The van der Waals surface area contributed by atoms with Crippen LogP contribution in [0.5, 0.6) is 11.5 Å². The van der Waals surface area contributed by atoms with Crippen molar-refractivity contribution in [3.8, 4) is 11.5 Å². The Balaban J connectivity index is 1.10. The first-order valence-electron chi connectivity index (χ1n) is 19.2. The molecule has 0 spiro atoms. The molecule has 0 bridgehead atoms. The second-order valence-electron chi connectivity index (χ2n) is 15.1. The molecule has 3 aromatic carbocycles. The number of aliphatic hydroxyl groups is 2. The lowest BCUT2D eigenvalue weighted by Gasteiger charge is -2.24. The molecule has 5 aromatic rings. The fraction of sp³-hybridized carbons (Fsp3) is 0.333. The minimum atomic E-state index is -3.98. The SMILES string of the molecule is CC1NC(=O)N([C@H]2C[C@@H](n3cnc4c(NCC(c5ccc(O)cc5)c5ccc(O)cc5)nc(N5CCC(NC(=O)Nc6cccc(S(N)(=O)=O)c6)C5)nc43)[C@H](O)[C@@H]2O)C1=O. The van der Waals surface area contributed by atoms with Crippen LogP contribution in [0.3, 0.4) is 0 Å². The van der Waals surface area contributed by atoms with E-state index >= 15 is 0 Å². The van der Waals surface area contributed by atoms with Crippen LogP contribution in [0, 0.1) is 0 Å². The number of nitrogens with one attached hydrogen (secondary N) is 4. The van der Waals surface area contributed by atoms with E-state index in [2.05, 4.69) is 26.3 Å². The maximum absolute atomic E-state index is 13.0. The number of aromatic hydroxyl groups is 2. The number of anilines is 3. The van der Waals surface area contributed by atoms with E-state index in [1.54, 1.807) is 60.0 Å². The number of sulfonamides is 1. The predicted molar refractivity (Wildman–Crippen MR) is 217 cm³/mol. The summed E-state index contributed by atoms with van der Waals surface area (Å²) >= 11 is 0. The number of carbonyl (C=O) groups excluding carboxylic acids is 3. The van der Waals surface area contributed by atoms with Crippen molar-refractivity contribution in [2.75, 3.05) is 35.2 Å². The summed E-state index contributed by atoms with van der Waals surface area (Å²) in [6, 6.07) is 14.8. The minimum Gasteiger partial charge on any atom is -0.508 e. The first-order valence-corrected chi connectivity index (χ1v) is 20.7. The number of hydrogen-bond donors (Lipinski definition) is 9. The van der Waals surface area contributed by atoms with Crippen molar-refractivity contribution < 1.29 is 43.2 Å². The van der Waals surface area contributed by atoms with Crippen LogP contribution in [0.25, 0.3) is 11.2 Å². The maximum atomic E-state index is 13.0. The van der Waals surface area contributed by atoms with Gasteiger partial charge in [0.05, 0.1) is 23.3 Å². The van der Waals surface area contributed by atoms with Gasteiger partial charge in [-0.2, -0.15) is 9.97 Å². The molecule has 314 valence electrons. The highest BCUT2D eigenvalue weighted by Gasteiger charge is 2.51. The molecule has 3 fully saturated rings. The van der Waals surface area contributed by atoms with Gasteiger partial charge in [-0.15, -0.1) is 0 Å². The molecule has 3 aliphatic rings. The van der Waals surface area contributed by atoms with E-state index in [9.17, 15) is 43.2 Å². The molecule has 6 atom stereocenters. The summed E-state index contributed by atoms with van der Waals surface area (Å²) in [4.78, 5) is 55.8. The number of benzene rings is 3.